The smallest absolute Gasteiger partial charge is 0.312 e. The fourth-order valence-corrected chi connectivity index (χ4v) is 6.45. The van der Waals surface area contributed by atoms with E-state index in [1.54, 1.807) is 0 Å². The van der Waals surface area contributed by atoms with E-state index in [1.165, 1.54) is 46.0 Å². The van der Waals surface area contributed by atoms with Crippen LogP contribution in [0.3, 0.4) is 0 Å². The van der Waals surface area contributed by atoms with Crippen molar-refractivity contribution < 1.29 is 4.79 Å². The van der Waals surface area contributed by atoms with Crippen LogP contribution in [-0.2, 0) is 19.4 Å². The summed E-state index contributed by atoms with van der Waals surface area (Å²) in [6.45, 7) is 2.83. The Hall–Kier alpha value is -2.05. The summed E-state index contributed by atoms with van der Waals surface area (Å²) in [4.78, 5) is 17.0. The van der Waals surface area contributed by atoms with Gasteiger partial charge in [0.25, 0.3) is 0 Å². The molecule has 6 heteroatoms. The Kier molecular flexibility index (Phi) is 5.00. The number of nitrogens with one attached hydrogen (secondary N) is 1. The van der Waals surface area contributed by atoms with Crippen molar-refractivity contribution in [1.29, 1.82) is 0 Å². The summed E-state index contributed by atoms with van der Waals surface area (Å²) in [6.07, 6.45) is 7.86. The topological polar surface area (TPSA) is 37.3 Å². The zero-order valence-corrected chi connectivity index (χ0v) is 18.9. The number of aryl methyl sites for hydroxylation is 1. The molecule has 29 heavy (non-hydrogen) atoms. The van der Waals surface area contributed by atoms with Crippen molar-refractivity contribution in [3.63, 3.8) is 0 Å². The molecule has 1 atom stereocenters. The van der Waals surface area contributed by atoms with Gasteiger partial charge >= 0.3 is 6.03 Å². The first-order chi connectivity index (χ1) is 14.2. The minimum Gasteiger partial charge on any atom is -0.312 e. The summed E-state index contributed by atoms with van der Waals surface area (Å²) in [5.74, 6) is 0. The lowest BCUT2D eigenvalue weighted by Gasteiger charge is -2.30. The number of hydrogen-bond donors (Lipinski definition) is 1. The molecule has 1 aromatic carbocycles. The van der Waals surface area contributed by atoms with Gasteiger partial charge in [-0.25, -0.2) is 4.79 Å². The number of rotatable bonds is 2. The van der Waals surface area contributed by atoms with Crippen LogP contribution in [0.1, 0.15) is 53.9 Å². The summed E-state index contributed by atoms with van der Waals surface area (Å²) in [6, 6.07) is 12.1. The molecule has 1 N–H and O–H groups in total. The molecule has 1 unspecified atom stereocenters. The van der Waals surface area contributed by atoms with E-state index in [2.05, 4.69) is 51.1 Å². The van der Waals surface area contributed by atoms with Crippen molar-refractivity contribution >= 4 is 39.0 Å². The predicted octanol–water partition coefficient (Wildman–Crippen LogP) is 6.68. The third kappa shape index (κ3) is 3.22. The normalized spacial score (nSPS) is 17.9. The average molecular weight is 470 g/mol. The number of hydrogen-bond acceptors (Lipinski definition) is 2. The van der Waals surface area contributed by atoms with E-state index in [0.29, 0.717) is 6.54 Å². The van der Waals surface area contributed by atoms with Gasteiger partial charge in [-0.1, -0.05) is 19.1 Å². The third-order valence-electron chi connectivity index (χ3n) is 6.07. The Balaban J connectivity index is 1.58. The maximum atomic E-state index is 13.5. The van der Waals surface area contributed by atoms with Gasteiger partial charge in [-0.3, -0.25) is 0 Å². The third-order valence-corrected chi connectivity index (χ3v) is 8.09. The van der Waals surface area contributed by atoms with Crippen molar-refractivity contribution in [3.05, 3.63) is 68.8 Å². The van der Waals surface area contributed by atoms with Gasteiger partial charge in [0.1, 0.15) is 5.00 Å². The number of amides is 2. The van der Waals surface area contributed by atoms with Crippen LogP contribution in [0.4, 0.5) is 10.5 Å². The quantitative estimate of drug-likeness (QED) is 0.446. The maximum Gasteiger partial charge on any atom is 0.322 e. The summed E-state index contributed by atoms with van der Waals surface area (Å²) in [7, 11) is 0. The number of carbonyl (C=O) groups is 1. The Labute approximate surface area is 183 Å². The molecule has 1 aliphatic carbocycles. The first kappa shape index (κ1) is 18.9. The second-order valence-electron chi connectivity index (χ2n) is 7.76. The van der Waals surface area contributed by atoms with E-state index in [-0.39, 0.29) is 12.1 Å². The van der Waals surface area contributed by atoms with Gasteiger partial charge < -0.3 is 14.8 Å². The van der Waals surface area contributed by atoms with Crippen molar-refractivity contribution in [1.82, 2.24) is 9.47 Å². The number of halogens is 1. The lowest BCUT2D eigenvalue weighted by atomic mass is 9.95. The number of aromatic nitrogens is 1. The Morgan fingerprint density at radius 2 is 2.00 bits per heavy atom. The number of urea groups is 1. The molecule has 150 valence electrons. The van der Waals surface area contributed by atoms with Gasteiger partial charge in [-0.2, -0.15) is 0 Å². The van der Waals surface area contributed by atoms with Crippen LogP contribution in [0.15, 0.2) is 47.1 Å². The van der Waals surface area contributed by atoms with Crippen LogP contribution in [0.2, 0.25) is 0 Å². The largest absolute Gasteiger partial charge is 0.322 e. The molecule has 2 aromatic heterocycles. The highest BCUT2D eigenvalue weighted by Gasteiger charge is 2.34. The lowest BCUT2D eigenvalue weighted by Crippen LogP contribution is -2.37. The van der Waals surface area contributed by atoms with Gasteiger partial charge in [-0.05, 0) is 77.9 Å². The minimum atomic E-state index is -0.0416. The maximum absolute atomic E-state index is 13.5. The molecule has 3 aromatic rings. The molecule has 4 nitrogen and oxygen atoms in total. The number of anilines is 1. The highest BCUT2D eigenvalue weighted by Crippen LogP contribution is 2.43. The van der Waals surface area contributed by atoms with E-state index >= 15 is 0 Å². The number of para-hydroxylation sites is 1. The zero-order chi connectivity index (χ0) is 20.0. The number of thiophene rings is 1. The van der Waals surface area contributed by atoms with E-state index in [0.717, 1.165) is 23.0 Å². The monoisotopic (exact) mass is 469 g/mol. The van der Waals surface area contributed by atoms with Crippen LogP contribution in [0.5, 0.6) is 0 Å². The van der Waals surface area contributed by atoms with Crippen LogP contribution < -0.4 is 5.32 Å². The minimum absolute atomic E-state index is 0.0416. The van der Waals surface area contributed by atoms with Gasteiger partial charge in [0.05, 0.1) is 18.3 Å². The van der Waals surface area contributed by atoms with Crippen LogP contribution in [0, 0.1) is 0 Å². The number of benzene rings is 1. The molecule has 3 heterocycles. The summed E-state index contributed by atoms with van der Waals surface area (Å²) < 4.78 is 3.23. The van der Waals surface area contributed by atoms with E-state index in [1.807, 2.05) is 40.5 Å². The lowest BCUT2D eigenvalue weighted by molar-refractivity contribution is 0.181. The van der Waals surface area contributed by atoms with E-state index in [9.17, 15) is 4.79 Å². The Morgan fingerprint density at radius 1 is 1.17 bits per heavy atom. The first-order valence-corrected chi connectivity index (χ1v) is 11.9. The molecular formula is C23H24BrN3OS. The molecule has 0 saturated carbocycles. The summed E-state index contributed by atoms with van der Waals surface area (Å²) in [5.41, 5.74) is 4.85. The van der Waals surface area contributed by atoms with Crippen molar-refractivity contribution in [2.45, 2.75) is 51.6 Å². The molecule has 5 rings (SSSR count). The van der Waals surface area contributed by atoms with Crippen molar-refractivity contribution in [3.8, 4) is 5.00 Å². The van der Waals surface area contributed by atoms with Crippen molar-refractivity contribution in [2.75, 3.05) is 5.32 Å². The second kappa shape index (κ2) is 7.65. The van der Waals surface area contributed by atoms with Crippen LogP contribution >= 0.6 is 27.3 Å². The fourth-order valence-electron chi connectivity index (χ4n) is 4.66. The molecule has 0 radical (unpaired) electrons. The SMILES string of the molecule is CCC1c2cccn2-c2sc3c(c2CN1C(=O)Nc1ccccc1Br)CCCC3. The molecule has 0 saturated heterocycles. The molecule has 2 aliphatic rings. The van der Waals surface area contributed by atoms with Crippen LogP contribution in [-0.4, -0.2) is 15.5 Å². The first-order valence-electron chi connectivity index (χ1n) is 10.3. The fraction of sp³-hybridized carbons (Fsp3) is 0.348. The second-order valence-corrected chi connectivity index (χ2v) is 9.70. The van der Waals surface area contributed by atoms with E-state index in [4.69, 9.17) is 0 Å². The average Bonchev–Trinajstić information content (AvgIpc) is 3.32. The highest BCUT2D eigenvalue weighted by atomic mass is 79.9. The number of carbonyl (C=O) groups excluding carboxylic acids is 1. The van der Waals surface area contributed by atoms with Crippen molar-refractivity contribution in [2.24, 2.45) is 0 Å². The molecule has 0 fully saturated rings. The zero-order valence-electron chi connectivity index (χ0n) is 16.5. The Bertz CT molecular complexity index is 1070. The van der Waals surface area contributed by atoms with Gasteiger partial charge in [0.2, 0.25) is 0 Å². The molecule has 1 aliphatic heterocycles. The predicted molar refractivity (Wildman–Crippen MR) is 122 cm³/mol. The summed E-state index contributed by atoms with van der Waals surface area (Å²) in [5, 5.41) is 4.44. The van der Waals surface area contributed by atoms with Gasteiger partial charge in [-0.15, -0.1) is 11.3 Å². The number of fused-ring (bicyclic) bond motifs is 5. The molecule has 2 amide bonds. The molecule has 0 bridgehead atoms. The molecular weight excluding hydrogens is 446 g/mol. The highest BCUT2D eigenvalue weighted by molar-refractivity contribution is 9.10. The molecule has 0 spiro atoms. The van der Waals surface area contributed by atoms with Crippen LogP contribution in [0.25, 0.3) is 5.00 Å². The van der Waals surface area contributed by atoms with E-state index < -0.39 is 0 Å². The Morgan fingerprint density at radius 3 is 2.83 bits per heavy atom. The van der Waals surface area contributed by atoms with Gasteiger partial charge in [0.15, 0.2) is 0 Å². The van der Waals surface area contributed by atoms with Gasteiger partial charge in [0, 0.05) is 26.8 Å². The number of nitrogens with zero attached hydrogens (tertiary/aromatic N) is 2. The summed E-state index contributed by atoms with van der Waals surface area (Å²) >= 11 is 5.48. The standard InChI is InChI=1S/C23H24BrN3OS/c1-2-19-20-11-7-13-26(20)22-16(15-8-3-6-12-21(15)29-22)14-27(19)23(28)25-18-10-5-4-9-17(18)24/h4-5,7,9-11,13,19H,2-3,6,8,12,14H2,1H3,(H,25,28).